The summed E-state index contributed by atoms with van der Waals surface area (Å²) in [7, 11) is -3.08. The fraction of sp³-hybridized carbons (Fsp3) is 0.455. The molecule has 0 aliphatic heterocycles. The van der Waals surface area contributed by atoms with Crippen molar-refractivity contribution in [2.75, 3.05) is 17.8 Å². The van der Waals surface area contributed by atoms with Gasteiger partial charge in [0.05, 0.1) is 21.7 Å². The average Bonchev–Trinajstić information content (AvgIpc) is 2.27. The Balaban J connectivity index is 2.91. The number of nitro groups is 1. The number of aliphatic hydroxyl groups is 1. The maximum Gasteiger partial charge on any atom is 0.283 e. The van der Waals surface area contributed by atoms with Crippen LogP contribution in [0.4, 0.5) is 5.69 Å². The van der Waals surface area contributed by atoms with Crippen molar-refractivity contribution in [3.63, 3.8) is 0 Å². The fourth-order valence-electron chi connectivity index (χ4n) is 1.36. The molecular weight excluding hydrogens is 290 g/mol. The Kier molecular flexibility index (Phi) is 5.33. The molecule has 1 atom stereocenters. The summed E-state index contributed by atoms with van der Waals surface area (Å²) in [6.07, 6.45) is 0.340. The summed E-state index contributed by atoms with van der Waals surface area (Å²) >= 11 is 1.12. The zero-order valence-electron chi connectivity index (χ0n) is 10.6. The molecule has 0 heterocycles. The fourth-order valence-corrected chi connectivity index (χ4v) is 3.57. The van der Waals surface area contributed by atoms with Gasteiger partial charge in [-0.2, -0.15) is 0 Å². The molecule has 1 N–H and O–H groups in total. The van der Waals surface area contributed by atoms with Crippen molar-refractivity contribution < 1.29 is 18.4 Å². The van der Waals surface area contributed by atoms with Crippen LogP contribution in [-0.2, 0) is 9.84 Å². The lowest BCUT2D eigenvalue weighted by atomic mass is 10.1. The SMILES string of the molecule is C[C@H](O)c1ccc(SCCS(C)(=O)=O)c([N+](=O)[O-])c1. The van der Waals surface area contributed by atoms with E-state index in [1.807, 2.05) is 0 Å². The van der Waals surface area contributed by atoms with Gasteiger partial charge in [0.15, 0.2) is 0 Å². The van der Waals surface area contributed by atoms with Gasteiger partial charge in [-0.25, -0.2) is 8.42 Å². The molecule has 0 amide bonds. The second-order valence-electron chi connectivity index (χ2n) is 4.14. The van der Waals surface area contributed by atoms with E-state index in [-0.39, 0.29) is 17.2 Å². The van der Waals surface area contributed by atoms with E-state index in [2.05, 4.69) is 0 Å². The zero-order chi connectivity index (χ0) is 14.6. The molecule has 0 bridgehead atoms. The van der Waals surface area contributed by atoms with Crippen LogP contribution in [0.2, 0.25) is 0 Å². The molecule has 8 heteroatoms. The predicted molar refractivity (Wildman–Crippen MR) is 74.2 cm³/mol. The van der Waals surface area contributed by atoms with Gasteiger partial charge in [0.2, 0.25) is 0 Å². The maximum atomic E-state index is 11.0. The Bertz CT molecular complexity index is 568. The zero-order valence-corrected chi connectivity index (χ0v) is 12.2. The maximum absolute atomic E-state index is 11.0. The van der Waals surface area contributed by atoms with Crippen LogP contribution in [0.5, 0.6) is 0 Å². The number of nitro benzene ring substituents is 1. The molecule has 0 unspecified atom stereocenters. The number of hydrogen-bond donors (Lipinski definition) is 1. The summed E-state index contributed by atoms with van der Waals surface area (Å²) in [6.45, 7) is 1.52. The Morgan fingerprint density at radius 1 is 1.47 bits per heavy atom. The Morgan fingerprint density at radius 2 is 2.11 bits per heavy atom. The molecule has 0 aliphatic carbocycles. The second-order valence-corrected chi connectivity index (χ2v) is 7.54. The van der Waals surface area contributed by atoms with E-state index >= 15 is 0 Å². The van der Waals surface area contributed by atoms with E-state index in [1.165, 1.54) is 19.1 Å². The molecule has 0 radical (unpaired) electrons. The number of sulfone groups is 1. The molecule has 0 aliphatic rings. The number of thioether (sulfide) groups is 1. The van der Waals surface area contributed by atoms with Crippen molar-refractivity contribution in [1.29, 1.82) is 0 Å². The van der Waals surface area contributed by atoms with Crippen LogP contribution in [0.3, 0.4) is 0 Å². The topological polar surface area (TPSA) is 97.5 Å². The van der Waals surface area contributed by atoms with Gasteiger partial charge >= 0.3 is 0 Å². The van der Waals surface area contributed by atoms with Crippen molar-refractivity contribution in [1.82, 2.24) is 0 Å². The molecule has 0 saturated heterocycles. The summed E-state index contributed by atoms with van der Waals surface area (Å²) in [5.41, 5.74) is 0.344. The molecule has 6 nitrogen and oxygen atoms in total. The Labute approximate surface area is 115 Å². The van der Waals surface area contributed by atoms with E-state index in [1.54, 1.807) is 6.07 Å². The lowest BCUT2D eigenvalue weighted by molar-refractivity contribution is -0.387. The van der Waals surface area contributed by atoms with Gasteiger partial charge in [0, 0.05) is 18.1 Å². The van der Waals surface area contributed by atoms with Crippen LogP contribution in [0.15, 0.2) is 23.1 Å². The van der Waals surface area contributed by atoms with E-state index < -0.39 is 20.9 Å². The first-order chi connectivity index (χ1) is 8.70. The van der Waals surface area contributed by atoms with Crippen molar-refractivity contribution in [2.24, 2.45) is 0 Å². The highest BCUT2D eigenvalue weighted by Crippen LogP contribution is 2.31. The number of hydrogen-bond acceptors (Lipinski definition) is 6. The highest BCUT2D eigenvalue weighted by atomic mass is 32.2. The Morgan fingerprint density at radius 3 is 2.58 bits per heavy atom. The minimum atomic E-state index is -3.08. The smallest absolute Gasteiger partial charge is 0.283 e. The first kappa shape index (κ1) is 15.9. The molecule has 0 spiro atoms. The molecule has 0 saturated carbocycles. The van der Waals surface area contributed by atoms with E-state index in [0.29, 0.717) is 10.5 Å². The van der Waals surface area contributed by atoms with E-state index in [4.69, 9.17) is 0 Å². The van der Waals surface area contributed by atoms with Crippen molar-refractivity contribution in [3.05, 3.63) is 33.9 Å². The van der Waals surface area contributed by atoms with Gasteiger partial charge in [0.25, 0.3) is 5.69 Å². The van der Waals surface area contributed by atoms with Crippen LogP contribution in [0, 0.1) is 10.1 Å². The van der Waals surface area contributed by atoms with Gasteiger partial charge in [0.1, 0.15) is 9.84 Å². The van der Waals surface area contributed by atoms with Crippen molar-refractivity contribution in [2.45, 2.75) is 17.9 Å². The first-order valence-electron chi connectivity index (χ1n) is 5.47. The Hall–Kier alpha value is -1.12. The number of nitrogens with zero attached hydrogens (tertiary/aromatic N) is 1. The summed E-state index contributed by atoms with van der Waals surface area (Å²) in [5.74, 6) is 0.223. The largest absolute Gasteiger partial charge is 0.389 e. The highest BCUT2D eigenvalue weighted by Gasteiger charge is 2.17. The normalized spacial score (nSPS) is 13.2. The average molecular weight is 305 g/mol. The van der Waals surface area contributed by atoms with Crippen LogP contribution in [0.25, 0.3) is 0 Å². The monoisotopic (exact) mass is 305 g/mol. The predicted octanol–water partition coefficient (Wildman–Crippen LogP) is 1.78. The standard InChI is InChI=1S/C11H15NO5S2/c1-8(13)9-3-4-11(10(7-9)12(14)15)18-5-6-19(2,16)17/h3-4,7-8,13H,5-6H2,1-2H3/t8-/m0/s1. The van der Waals surface area contributed by atoms with Crippen molar-refractivity contribution in [3.8, 4) is 0 Å². The van der Waals surface area contributed by atoms with Gasteiger partial charge in [-0.05, 0) is 18.6 Å². The van der Waals surface area contributed by atoms with Crippen LogP contribution in [-0.4, -0.2) is 36.2 Å². The lowest BCUT2D eigenvalue weighted by Gasteiger charge is -2.07. The first-order valence-corrected chi connectivity index (χ1v) is 8.52. The molecule has 0 aromatic heterocycles. The molecule has 19 heavy (non-hydrogen) atoms. The van der Waals surface area contributed by atoms with Gasteiger partial charge in [-0.15, -0.1) is 11.8 Å². The third-order valence-corrected chi connectivity index (χ3v) is 4.64. The van der Waals surface area contributed by atoms with Crippen LogP contribution >= 0.6 is 11.8 Å². The molecule has 106 valence electrons. The third-order valence-electron chi connectivity index (χ3n) is 2.37. The molecule has 1 aromatic carbocycles. The van der Waals surface area contributed by atoms with Crippen molar-refractivity contribution >= 4 is 27.3 Å². The molecule has 1 aromatic rings. The van der Waals surface area contributed by atoms with Crippen LogP contribution in [0.1, 0.15) is 18.6 Å². The van der Waals surface area contributed by atoms with Gasteiger partial charge in [-0.1, -0.05) is 6.07 Å². The molecule has 1 rings (SSSR count). The number of rotatable bonds is 6. The summed E-state index contributed by atoms with van der Waals surface area (Å²) in [5, 5.41) is 20.3. The summed E-state index contributed by atoms with van der Waals surface area (Å²) in [6, 6.07) is 4.45. The quantitative estimate of drug-likeness (QED) is 0.489. The van der Waals surface area contributed by atoms with E-state index in [0.717, 1.165) is 18.0 Å². The number of benzene rings is 1. The van der Waals surface area contributed by atoms with Crippen LogP contribution < -0.4 is 0 Å². The molecular formula is C11H15NO5S2. The summed E-state index contributed by atoms with van der Waals surface area (Å²) < 4.78 is 22.0. The lowest BCUT2D eigenvalue weighted by Crippen LogP contribution is -2.05. The second kappa shape index (κ2) is 6.36. The van der Waals surface area contributed by atoms with E-state index in [9.17, 15) is 23.6 Å². The molecule has 0 fully saturated rings. The summed E-state index contributed by atoms with van der Waals surface area (Å²) in [4.78, 5) is 10.8. The number of aliphatic hydroxyl groups excluding tert-OH is 1. The third kappa shape index (κ3) is 5.17. The van der Waals surface area contributed by atoms with Gasteiger partial charge in [-0.3, -0.25) is 10.1 Å². The minimum Gasteiger partial charge on any atom is -0.389 e. The highest BCUT2D eigenvalue weighted by molar-refractivity contribution is 8.00. The van der Waals surface area contributed by atoms with Gasteiger partial charge < -0.3 is 5.11 Å². The minimum absolute atomic E-state index is 0.0347.